The third-order valence-electron chi connectivity index (χ3n) is 4.49. The van der Waals surface area contributed by atoms with Gasteiger partial charge in [-0.05, 0) is 49.4 Å². The summed E-state index contributed by atoms with van der Waals surface area (Å²) in [4.78, 5) is 12.6. The summed E-state index contributed by atoms with van der Waals surface area (Å²) in [5.74, 6) is 0.802. The van der Waals surface area contributed by atoms with Crippen molar-refractivity contribution in [3.63, 3.8) is 0 Å². The first-order valence-electron chi connectivity index (χ1n) is 8.86. The molecule has 0 aliphatic rings. The Hall–Kier alpha value is -2.29. The normalized spacial score (nSPS) is 13.4. The van der Waals surface area contributed by atoms with Gasteiger partial charge in [0.15, 0.2) is 0 Å². The molecule has 0 spiro atoms. The lowest BCUT2D eigenvalue weighted by molar-refractivity contribution is -0.162. The van der Waals surface area contributed by atoms with Crippen molar-refractivity contribution in [3.8, 4) is 5.75 Å². The van der Waals surface area contributed by atoms with E-state index >= 15 is 0 Å². The number of carbonyl (C=O) groups excluding carboxylic acids is 1. The minimum atomic E-state index is -0.996. The minimum Gasteiger partial charge on any atom is -0.476 e. The first kappa shape index (κ1) is 19.0. The highest BCUT2D eigenvalue weighted by atomic mass is 16.6. The van der Waals surface area contributed by atoms with E-state index in [4.69, 9.17) is 9.47 Å². The molecule has 0 heterocycles. The van der Waals surface area contributed by atoms with Crippen LogP contribution >= 0.6 is 0 Å². The topological polar surface area (TPSA) is 35.5 Å². The lowest BCUT2D eigenvalue weighted by Gasteiger charge is -2.27. The summed E-state index contributed by atoms with van der Waals surface area (Å²) in [6.07, 6.45) is 0.533. The van der Waals surface area contributed by atoms with Gasteiger partial charge in [0, 0.05) is 0 Å². The van der Waals surface area contributed by atoms with Crippen LogP contribution < -0.4 is 4.74 Å². The molecule has 0 radical (unpaired) electrons. The van der Waals surface area contributed by atoms with E-state index in [-0.39, 0.29) is 12.6 Å². The van der Waals surface area contributed by atoms with Crippen LogP contribution in [0.15, 0.2) is 48.5 Å². The lowest BCUT2D eigenvalue weighted by atomic mass is 10.0. The zero-order chi connectivity index (χ0) is 18.4. The molecule has 0 saturated carbocycles. The predicted molar refractivity (Wildman–Crippen MR) is 101 cm³/mol. The number of rotatable bonds is 7. The number of aryl methyl sites for hydroxylation is 1. The number of hydrogen-bond donors (Lipinski definition) is 0. The predicted octanol–water partition coefficient (Wildman–Crippen LogP) is 5.41. The van der Waals surface area contributed by atoms with E-state index in [0.717, 1.165) is 5.56 Å². The van der Waals surface area contributed by atoms with Gasteiger partial charge >= 0.3 is 5.97 Å². The van der Waals surface area contributed by atoms with E-state index in [1.165, 1.54) is 11.1 Å². The van der Waals surface area contributed by atoms with Crippen LogP contribution in [0.5, 0.6) is 5.75 Å². The minimum absolute atomic E-state index is 0.254. The number of ether oxygens (including phenoxy) is 2. The second kappa shape index (κ2) is 8.19. The molecule has 3 nitrogen and oxygen atoms in total. The first-order chi connectivity index (χ1) is 11.8. The maximum Gasteiger partial charge on any atom is 0.350 e. The molecule has 0 aromatic heterocycles. The van der Waals surface area contributed by atoms with E-state index in [2.05, 4.69) is 13.8 Å². The Bertz CT molecular complexity index is 686. The Morgan fingerprint density at radius 1 is 1.04 bits per heavy atom. The van der Waals surface area contributed by atoms with Crippen molar-refractivity contribution in [1.29, 1.82) is 0 Å². The Morgan fingerprint density at radius 3 is 2.16 bits per heavy atom. The molecule has 2 aromatic rings. The molecule has 1 atom stereocenters. The van der Waals surface area contributed by atoms with Crippen LogP contribution in [0.2, 0.25) is 0 Å². The van der Waals surface area contributed by atoms with Crippen molar-refractivity contribution in [2.75, 3.05) is 0 Å². The van der Waals surface area contributed by atoms with Gasteiger partial charge in [0.05, 0.1) is 0 Å². The highest BCUT2D eigenvalue weighted by molar-refractivity contribution is 5.79. The molecule has 2 aromatic carbocycles. The van der Waals surface area contributed by atoms with Crippen molar-refractivity contribution in [1.82, 2.24) is 0 Å². The Labute approximate surface area is 151 Å². The van der Waals surface area contributed by atoms with E-state index < -0.39 is 5.60 Å². The Kier molecular flexibility index (Phi) is 6.24. The molecule has 134 valence electrons. The highest BCUT2D eigenvalue weighted by Gasteiger charge is 2.35. The molecule has 0 amide bonds. The van der Waals surface area contributed by atoms with Crippen LogP contribution in [0.1, 0.15) is 56.7 Å². The standard InChI is InChI=1S/C22H28O3/c1-6-22(5,25-20-13-11-19(12-14-20)16(2)3)21(23)24-15-18-9-7-17(4)8-10-18/h7-14,16H,6,15H2,1-5H3. The molecule has 25 heavy (non-hydrogen) atoms. The molecule has 0 bridgehead atoms. The maximum absolute atomic E-state index is 12.6. The zero-order valence-electron chi connectivity index (χ0n) is 15.8. The van der Waals surface area contributed by atoms with Crippen molar-refractivity contribution >= 4 is 5.97 Å². The van der Waals surface area contributed by atoms with E-state index in [0.29, 0.717) is 18.1 Å². The second-order valence-electron chi connectivity index (χ2n) is 6.97. The van der Waals surface area contributed by atoms with Gasteiger partial charge in [-0.15, -0.1) is 0 Å². The summed E-state index contributed by atoms with van der Waals surface area (Å²) < 4.78 is 11.5. The summed E-state index contributed by atoms with van der Waals surface area (Å²) in [6.45, 7) is 10.3. The van der Waals surface area contributed by atoms with Crippen molar-refractivity contribution in [2.24, 2.45) is 0 Å². The maximum atomic E-state index is 12.6. The SMILES string of the molecule is CCC(C)(Oc1ccc(C(C)C)cc1)C(=O)OCc1ccc(C)cc1. The molecule has 3 heteroatoms. The van der Waals surface area contributed by atoms with Crippen LogP contribution in [0.25, 0.3) is 0 Å². The molecule has 0 saturated heterocycles. The molecule has 2 rings (SSSR count). The molecular formula is C22H28O3. The number of benzene rings is 2. The van der Waals surface area contributed by atoms with Gasteiger partial charge in [0.25, 0.3) is 0 Å². The second-order valence-corrected chi connectivity index (χ2v) is 6.97. The highest BCUT2D eigenvalue weighted by Crippen LogP contribution is 2.25. The monoisotopic (exact) mass is 340 g/mol. The lowest BCUT2D eigenvalue weighted by Crippen LogP contribution is -2.42. The smallest absolute Gasteiger partial charge is 0.350 e. The van der Waals surface area contributed by atoms with Crippen LogP contribution in [0.4, 0.5) is 0 Å². The van der Waals surface area contributed by atoms with E-state index in [9.17, 15) is 4.79 Å². The van der Waals surface area contributed by atoms with Crippen molar-refractivity contribution < 1.29 is 14.3 Å². The van der Waals surface area contributed by atoms with Gasteiger partial charge in [-0.3, -0.25) is 0 Å². The summed E-state index contributed by atoms with van der Waals surface area (Å²) in [5.41, 5.74) is 2.40. The van der Waals surface area contributed by atoms with Gasteiger partial charge in [-0.2, -0.15) is 0 Å². The number of hydrogen-bond acceptors (Lipinski definition) is 3. The average molecular weight is 340 g/mol. The third-order valence-corrected chi connectivity index (χ3v) is 4.49. The number of carbonyl (C=O) groups is 1. The fourth-order valence-corrected chi connectivity index (χ4v) is 2.42. The van der Waals surface area contributed by atoms with E-state index in [1.54, 1.807) is 6.92 Å². The summed E-state index contributed by atoms with van der Waals surface area (Å²) in [6, 6.07) is 15.9. The average Bonchev–Trinajstić information content (AvgIpc) is 2.61. The number of esters is 1. The zero-order valence-corrected chi connectivity index (χ0v) is 15.8. The first-order valence-corrected chi connectivity index (χ1v) is 8.86. The van der Waals surface area contributed by atoms with Crippen LogP contribution in [-0.2, 0) is 16.1 Å². The fraction of sp³-hybridized carbons (Fsp3) is 0.409. The van der Waals surface area contributed by atoms with Crippen molar-refractivity contribution in [2.45, 2.75) is 59.2 Å². The van der Waals surface area contributed by atoms with Gasteiger partial charge in [0.2, 0.25) is 5.60 Å². The van der Waals surface area contributed by atoms with Gasteiger partial charge in [0.1, 0.15) is 12.4 Å². The van der Waals surface area contributed by atoms with Gasteiger partial charge in [-0.25, -0.2) is 4.79 Å². The van der Waals surface area contributed by atoms with Crippen LogP contribution in [0.3, 0.4) is 0 Å². The molecule has 1 unspecified atom stereocenters. The Morgan fingerprint density at radius 2 is 1.64 bits per heavy atom. The van der Waals surface area contributed by atoms with Crippen molar-refractivity contribution in [3.05, 3.63) is 65.2 Å². The third kappa shape index (κ3) is 5.09. The quantitative estimate of drug-likeness (QED) is 0.632. The fourth-order valence-electron chi connectivity index (χ4n) is 2.42. The van der Waals surface area contributed by atoms with Gasteiger partial charge < -0.3 is 9.47 Å². The molecule has 0 aliphatic heterocycles. The summed E-state index contributed by atoms with van der Waals surface area (Å²) in [7, 11) is 0. The largest absolute Gasteiger partial charge is 0.476 e. The molecular weight excluding hydrogens is 312 g/mol. The summed E-state index contributed by atoms with van der Waals surface area (Å²) in [5, 5.41) is 0. The Balaban J connectivity index is 2.02. The van der Waals surface area contributed by atoms with Gasteiger partial charge in [-0.1, -0.05) is 62.7 Å². The summed E-state index contributed by atoms with van der Waals surface area (Å²) >= 11 is 0. The van der Waals surface area contributed by atoms with Crippen LogP contribution in [-0.4, -0.2) is 11.6 Å². The van der Waals surface area contributed by atoms with E-state index in [1.807, 2.05) is 62.4 Å². The molecule has 0 N–H and O–H groups in total. The van der Waals surface area contributed by atoms with Crippen LogP contribution in [0, 0.1) is 6.92 Å². The molecule has 0 fully saturated rings. The molecule has 0 aliphatic carbocycles.